The third kappa shape index (κ3) is 11.4. The number of phenolic OH excluding ortho intramolecular Hbond substituents is 1. The lowest BCUT2D eigenvalue weighted by Crippen LogP contribution is -2.20. The molecule has 0 amide bonds. The number of hydrogen-bond donors (Lipinski definition) is 1. The van der Waals surface area contributed by atoms with Gasteiger partial charge in [0.25, 0.3) is 0 Å². The summed E-state index contributed by atoms with van der Waals surface area (Å²) in [4.78, 5) is 0. The number of phenols is 1. The molecule has 3 unspecified atom stereocenters. The van der Waals surface area contributed by atoms with Crippen molar-refractivity contribution in [1.29, 1.82) is 0 Å². The van der Waals surface area contributed by atoms with E-state index in [1.807, 2.05) is 6.07 Å². The smallest absolute Gasteiger partial charge is 0.119 e. The first-order chi connectivity index (χ1) is 14.9. The monoisotopic (exact) mass is 436 g/mol. The summed E-state index contributed by atoms with van der Waals surface area (Å²) in [6, 6.07) is 3.91. The normalized spacial score (nSPS) is 14.5. The maximum absolute atomic E-state index is 10.7. The van der Waals surface area contributed by atoms with Crippen LogP contribution < -0.4 is 0 Å². The van der Waals surface area contributed by atoms with Gasteiger partial charge in [0.2, 0.25) is 0 Å². The van der Waals surface area contributed by atoms with Gasteiger partial charge in [-0.3, -0.25) is 0 Å². The van der Waals surface area contributed by atoms with Gasteiger partial charge in [-0.25, -0.2) is 0 Å². The zero-order chi connectivity index (χ0) is 23.1. The Labute approximate surface area is 191 Å². The SMILES string of the molecule is CCCCOC(C)Cc1ccc(O)c(CC(C)OCCCC)c1CC(C)OCCCC. The molecule has 0 aliphatic heterocycles. The van der Waals surface area contributed by atoms with Crippen molar-refractivity contribution in [2.45, 2.75) is 118 Å². The van der Waals surface area contributed by atoms with E-state index in [1.165, 1.54) is 11.1 Å². The Morgan fingerprint density at radius 1 is 0.645 bits per heavy atom. The van der Waals surface area contributed by atoms with Crippen molar-refractivity contribution in [3.8, 4) is 5.75 Å². The molecule has 0 radical (unpaired) electrons. The molecule has 4 nitrogen and oxygen atoms in total. The van der Waals surface area contributed by atoms with Crippen molar-refractivity contribution in [3.63, 3.8) is 0 Å². The average molecular weight is 437 g/mol. The molecule has 1 aromatic rings. The average Bonchev–Trinajstić information content (AvgIpc) is 2.73. The van der Waals surface area contributed by atoms with Crippen molar-refractivity contribution < 1.29 is 19.3 Å². The van der Waals surface area contributed by atoms with Crippen molar-refractivity contribution in [2.24, 2.45) is 0 Å². The second-order valence-electron chi connectivity index (χ2n) is 8.92. The molecule has 4 heteroatoms. The van der Waals surface area contributed by atoms with Gasteiger partial charge in [-0.2, -0.15) is 0 Å². The van der Waals surface area contributed by atoms with Crippen LogP contribution in [0.3, 0.4) is 0 Å². The highest BCUT2D eigenvalue weighted by molar-refractivity contribution is 5.45. The van der Waals surface area contributed by atoms with Crippen LogP contribution in [0.15, 0.2) is 12.1 Å². The maximum atomic E-state index is 10.7. The van der Waals surface area contributed by atoms with Gasteiger partial charge in [-0.15, -0.1) is 0 Å². The highest BCUT2D eigenvalue weighted by atomic mass is 16.5. The minimum atomic E-state index is 0.0704. The zero-order valence-corrected chi connectivity index (χ0v) is 21.0. The number of ether oxygens (including phenoxy) is 3. The first kappa shape index (κ1) is 27.9. The topological polar surface area (TPSA) is 47.9 Å². The molecule has 0 fully saturated rings. The van der Waals surface area contributed by atoms with Crippen LogP contribution in [0.2, 0.25) is 0 Å². The zero-order valence-electron chi connectivity index (χ0n) is 21.0. The van der Waals surface area contributed by atoms with Crippen LogP contribution in [-0.4, -0.2) is 43.2 Å². The van der Waals surface area contributed by atoms with Gasteiger partial charge in [0.05, 0.1) is 18.3 Å². The van der Waals surface area contributed by atoms with Crippen LogP contribution in [-0.2, 0) is 33.5 Å². The van der Waals surface area contributed by atoms with Crippen molar-refractivity contribution in [1.82, 2.24) is 0 Å². The third-order valence-electron chi connectivity index (χ3n) is 5.69. The molecule has 1 rings (SSSR count). The molecule has 0 saturated carbocycles. The summed E-state index contributed by atoms with van der Waals surface area (Å²) < 4.78 is 18.1. The minimum Gasteiger partial charge on any atom is -0.508 e. The van der Waals surface area contributed by atoms with Crippen LogP contribution in [0.1, 0.15) is 96.8 Å². The van der Waals surface area contributed by atoms with Crippen LogP contribution in [0.25, 0.3) is 0 Å². The Morgan fingerprint density at radius 2 is 1.06 bits per heavy atom. The largest absolute Gasteiger partial charge is 0.508 e. The lowest BCUT2D eigenvalue weighted by atomic mass is 9.90. The van der Waals surface area contributed by atoms with Gasteiger partial charge in [0.1, 0.15) is 5.75 Å². The molecular weight excluding hydrogens is 388 g/mol. The lowest BCUT2D eigenvalue weighted by molar-refractivity contribution is 0.0583. The molecular formula is C27H48O4. The summed E-state index contributed by atoms with van der Waals surface area (Å²) >= 11 is 0. The summed E-state index contributed by atoms with van der Waals surface area (Å²) in [6.45, 7) is 15.3. The molecule has 0 bridgehead atoms. The molecule has 1 aromatic carbocycles. The second-order valence-corrected chi connectivity index (χ2v) is 8.92. The lowest BCUT2D eigenvalue weighted by Gasteiger charge is -2.23. The van der Waals surface area contributed by atoms with Gasteiger partial charge >= 0.3 is 0 Å². The molecule has 180 valence electrons. The highest BCUT2D eigenvalue weighted by Crippen LogP contribution is 2.29. The molecule has 0 aliphatic rings. The number of rotatable bonds is 18. The van der Waals surface area contributed by atoms with Crippen molar-refractivity contribution >= 4 is 0 Å². The summed E-state index contributed by atoms with van der Waals surface area (Å²) in [7, 11) is 0. The Balaban J connectivity index is 3.02. The highest BCUT2D eigenvalue weighted by Gasteiger charge is 2.20. The van der Waals surface area contributed by atoms with Gasteiger partial charge in [-0.1, -0.05) is 46.1 Å². The molecule has 0 aromatic heterocycles. The molecule has 0 spiro atoms. The molecule has 1 N–H and O–H groups in total. The van der Waals surface area contributed by atoms with Crippen molar-refractivity contribution in [3.05, 3.63) is 28.8 Å². The van der Waals surface area contributed by atoms with Crippen LogP contribution in [0, 0.1) is 0 Å². The van der Waals surface area contributed by atoms with Crippen LogP contribution in [0.5, 0.6) is 5.75 Å². The summed E-state index contributed by atoms with van der Waals surface area (Å²) in [5.74, 6) is 0.366. The first-order valence-corrected chi connectivity index (χ1v) is 12.6. The fraction of sp³-hybridized carbons (Fsp3) is 0.778. The first-order valence-electron chi connectivity index (χ1n) is 12.6. The quantitative estimate of drug-likeness (QED) is 0.262. The summed E-state index contributed by atoms with van der Waals surface area (Å²) in [6.07, 6.45) is 9.33. The minimum absolute atomic E-state index is 0.0704. The van der Waals surface area contributed by atoms with E-state index >= 15 is 0 Å². The van der Waals surface area contributed by atoms with Gasteiger partial charge in [0.15, 0.2) is 0 Å². The number of aromatic hydroxyl groups is 1. The van der Waals surface area contributed by atoms with E-state index in [0.717, 1.165) is 76.8 Å². The Kier molecular flexibility index (Phi) is 14.9. The van der Waals surface area contributed by atoms with Gasteiger partial charge < -0.3 is 19.3 Å². The van der Waals surface area contributed by atoms with E-state index in [2.05, 4.69) is 47.6 Å². The molecule has 0 saturated heterocycles. The predicted octanol–water partition coefficient (Wildman–Crippen LogP) is 6.64. The van der Waals surface area contributed by atoms with Gasteiger partial charge in [-0.05, 0) is 75.6 Å². The number of hydrogen-bond acceptors (Lipinski definition) is 4. The fourth-order valence-corrected chi connectivity index (χ4v) is 3.75. The van der Waals surface area contributed by atoms with E-state index in [9.17, 15) is 5.11 Å². The van der Waals surface area contributed by atoms with Gasteiger partial charge in [0, 0.05) is 26.2 Å². The summed E-state index contributed by atoms with van der Waals surface area (Å²) in [5, 5.41) is 10.7. The van der Waals surface area contributed by atoms with E-state index in [-0.39, 0.29) is 18.3 Å². The Bertz CT molecular complexity index is 587. The Morgan fingerprint density at radius 3 is 1.52 bits per heavy atom. The third-order valence-corrected chi connectivity index (χ3v) is 5.69. The van der Waals surface area contributed by atoms with Crippen LogP contribution >= 0.6 is 0 Å². The van der Waals surface area contributed by atoms with Crippen molar-refractivity contribution in [2.75, 3.05) is 19.8 Å². The number of unbranched alkanes of at least 4 members (excludes halogenated alkanes) is 3. The molecule has 3 atom stereocenters. The van der Waals surface area contributed by atoms with Crippen LogP contribution in [0.4, 0.5) is 0 Å². The predicted molar refractivity (Wildman–Crippen MR) is 130 cm³/mol. The standard InChI is InChI=1S/C27H48O4/c1-7-10-15-29-21(4)18-24-13-14-27(28)26(20-23(6)31-17-12-9-3)25(24)19-22(5)30-16-11-8-2/h13-14,21-23,28H,7-12,15-20H2,1-6H3. The second kappa shape index (κ2) is 16.5. The van der Waals surface area contributed by atoms with E-state index in [0.29, 0.717) is 12.2 Å². The molecule has 0 aliphatic carbocycles. The summed E-state index contributed by atoms with van der Waals surface area (Å²) in [5.41, 5.74) is 3.47. The van der Waals surface area contributed by atoms with E-state index in [1.54, 1.807) is 0 Å². The van der Waals surface area contributed by atoms with E-state index < -0.39 is 0 Å². The van der Waals surface area contributed by atoms with E-state index in [4.69, 9.17) is 14.2 Å². The fourth-order valence-electron chi connectivity index (χ4n) is 3.75. The molecule has 31 heavy (non-hydrogen) atoms. The molecule has 0 heterocycles. The maximum Gasteiger partial charge on any atom is 0.119 e. The number of benzene rings is 1. The Hall–Kier alpha value is -1.10.